The van der Waals surface area contributed by atoms with Gasteiger partial charge in [0.1, 0.15) is 5.65 Å². The molecule has 0 radical (unpaired) electrons. The molecule has 0 spiro atoms. The van der Waals surface area contributed by atoms with Crippen molar-refractivity contribution in [2.45, 2.75) is 6.92 Å². The van der Waals surface area contributed by atoms with Crippen LogP contribution in [0.15, 0.2) is 30.6 Å². The quantitative estimate of drug-likeness (QED) is 0.785. The molecule has 0 aliphatic rings. The van der Waals surface area contributed by atoms with Crippen molar-refractivity contribution in [3.63, 3.8) is 0 Å². The van der Waals surface area contributed by atoms with Crippen molar-refractivity contribution in [3.05, 3.63) is 36.3 Å². The zero-order chi connectivity index (χ0) is 9.97. The Labute approximate surface area is 97.7 Å². The fraction of sp³-hybridized carbons (Fsp3) is 0.200. The number of esters is 1. The maximum Gasteiger partial charge on any atom is 0.358 e. The largest absolute Gasteiger partial charge is 0.461 e. The van der Waals surface area contributed by atoms with Crippen LogP contribution in [0.3, 0.4) is 0 Å². The van der Waals surface area contributed by atoms with E-state index in [9.17, 15) is 4.79 Å². The Morgan fingerprint density at radius 2 is 2.33 bits per heavy atom. The standard InChI is InChI=1S/C10H10N2O2.BrH/c1-2-14-10(13)8-7-12-6-4-3-5-9(12)11-8;/h3-7H,2H2,1H3;1H. The molecule has 0 saturated heterocycles. The average Bonchev–Trinajstić information content (AvgIpc) is 2.61. The molecule has 2 aromatic heterocycles. The molecule has 5 heteroatoms. The molecule has 0 fully saturated rings. The van der Waals surface area contributed by atoms with Gasteiger partial charge in [0.2, 0.25) is 0 Å². The Balaban J connectivity index is 0.00000112. The summed E-state index contributed by atoms with van der Waals surface area (Å²) in [6.07, 6.45) is 3.50. The molecule has 0 N–H and O–H groups in total. The molecular weight excluding hydrogens is 260 g/mol. The molecule has 0 unspecified atom stereocenters. The first-order valence-electron chi connectivity index (χ1n) is 4.42. The van der Waals surface area contributed by atoms with E-state index in [1.54, 1.807) is 17.5 Å². The van der Waals surface area contributed by atoms with Crippen molar-refractivity contribution in [1.29, 1.82) is 0 Å². The highest BCUT2D eigenvalue weighted by molar-refractivity contribution is 8.93. The monoisotopic (exact) mass is 270 g/mol. The van der Waals surface area contributed by atoms with E-state index in [-0.39, 0.29) is 23.0 Å². The molecule has 0 bridgehead atoms. The normalized spacial score (nSPS) is 9.67. The van der Waals surface area contributed by atoms with Gasteiger partial charge in [-0.2, -0.15) is 0 Å². The summed E-state index contributed by atoms with van der Waals surface area (Å²) in [4.78, 5) is 15.4. The first kappa shape index (κ1) is 11.7. The van der Waals surface area contributed by atoms with Crippen molar-refractivity contribution >= 4 is 28.6 Å². The molecule has 0 amide bonds. The molecule has 0 aliphatic heterocycles. The molecule has 15 heavy (non-hydrogen) atoms. The van der Waals surface area contributed by atoms with Crippen LogP contribution < -0.4 is 0 Å². The van der Waals surface area contributed by atoms with E-state index >= 15 is 0 Å². The Hall–Kier alpha value is -1.36. The minimum atomic E-state index is -0.379. The number of ether oxygens (including phenoxy) is 1. The molecule has 2 heterocycles. The highest BCUT2D eigenvalue weighted by Gasteiger charge is 2.10. The number of hydrogen-bond acceptors (Lipinski definition) is 3. The van der Waals surface area contributed by atoms with Crippen LogP contribution in [0.4, 0.5) is 0 Å². The molecule has 2 aromatic rings. The number of rotatable bonds is 2. The first-order valence-corrected chi connectivity index (χ1v) is 4.42. The lowest BCUT2D eigenvalue weighted by atomic mass is 10.5. The van der Waals surface area contributed by atoms with Crippen molar-refractivity contribution < 1.29 is 9.53 Å². The minimum Gasteiger partial charge on any atom is -0.461 e. The van der Waals surface area contributed by atoms with Crippen LogP contribution in [0, 0.1) is 0 Å². The number of carbonyl (C=O) groups is 1. The zero-order valence-corrected chi connectivity index (χ0v) is 9.93. The lowest BCUT2D eigenvalue weighted by Crippen LogP contribution is -2.04. The number of fused-ring (bicyclic) bond motifs is 1. The van der Waals surface area contributed by atoms with E-state index in [0.717, 1.165) is 5.65 Å². The minimum absolute atomic E-state index is 0. The predicted octanol–water partition coefficient (Wildman–Crippen LogP) is 2.09. The maximum absolute atomic E-state index is 11.3. The van der Waals surface area contributed by atoms with Crippen LogP contribution in [-0.4, -0.2) is 22.0 Å². The van der Waals surface area contributed by atoms with Gasteiger partial charge in [0, 0.05) is 12.4 Å². The van der Waals surface area contributed by atoms with Gasteiger partial charge in [-0.25, -0.2) is 9.78 Å². The van der Waals surface area contributed by atoms with Crippen molar-refractivity contribution in [2.75, 3.05) is 6.61 Å². The molecular formula is C10H11BrN2O2. The Morgan fingerprint density at radius 1 is 1.53 bits per heavy atom. The molecule has 0 saturated carbocycles. The lowest BCUT2D eigenvalue weighted by Gasteiger charge is -1.95. The molecule has 2 rings (SSSR count). The molecule has 0 aromatic carbocycles. The summed E-state index contributed by atoms with van der Waals surface area (Å²) >= 11 is 0. The number of pyridine rings is 1. The van der Waals surface area contributed by atoms with E-state index in [2.05, 4.69) is 4.98 Å². The van der Waals surface area contributed by atoms with Gasteiger partial charge in [0.05, 0.1) is 6.61 Å². The van der Waals surface area contributed by atoms with E-state index in [0.29, 0.717) is 12.3 Å². The van der Waals surface area contributed by atoms with E-state index in [1.165, 1.54) is 0 Å². The number of hydrogen-bond donors (Lipinski definition) is 0. The molecule has 0 atom stereocenters. The van der Waals surface area contributed by atoms with Crippen LogP contribution in [-0.2, 0) is 4.74 Å². The summed E-state index contributed by atoms with van der Waals surface area (Å²) in [5.41, 5.74) is 1.09. The molecule has 4 nitrogen and oxygen atoms in total. The summed E-state index contributed by atoms with van der Waals surface area (Å²) in [6.45, 7) is 2.14. The zero-order valence-electron chi connectivity index (χ0n) is 8.21. The Morgan fingerprint density at radius 3 is 3.00 bits per heavy atom. The van der Waals surface area contributed by atoms with Crippen molar-refractivity contribution in [1.82, 2.24) is 9.38 Å². The Bertz CT molecular complexity index is 434. The lowest BCUT2D eigenvalue weighted by molar-refractivity contribution is 0.0520. The molecule has 80 valence electrons. The van der Waals surface area contributed by atoms with Crippen LogP contribution in [0.25, 0.3) is 5.65 Å². The summed E-state index contributed by atoms with van der Waals surface area (Å²) in [5, 5.41) is 0. The summed E-state index contributed by atoms with van der Waals surface area (Å²) in [5.74, 6) is -0.379. The van der Waals surface area contributed by atoms with E-state index in [1.807, 2.05) is 24.4 Å². The van der Waals surface area contributed by atoms with Gasteiger partial charge in [-0.3, -0.25) is 0 Å². The third-order valence-corrected chi connectivity index (χ3v) is 1.85. The highest BCUT2D eigenvalue weighted by atomic mass is 79.9. The maximum atomic E-state index is 11.3. The van der Waals surface area contributed by atoms with E-state index in [4.69, 9.17) is 4.74 Å². The highest BCUT2D eigenvalue weighted by Crippen LogP contribution is 2.05. The second kappa shape index (κ2) is 4.93. The van der Waals surface area contributed by atoms with E-state index < -0.39 is 0 Å². The number of halogens is 1. The second-order valence-corrected chi connectivity index (χ2v) is 2.81. The third-order valence-electron chi connectivity index (χ3n) is 1.85. The first-order chi connectivity index (χ1) is 6.81. The smallest absolute Gasteiger partial charge is 0.358 e. The van der Waals surface area contributed by atoms with Crippen LogP contribution in [0.1, 0.15) is 17.4 Å². The summed E-state index contributed by atoms with van der Waals surface area (Å²) in [7, 11) is 0. The van der Waals surface area contributed by atoms with Crippen LogP contribution in [0.2, 0.25) is 0 Å². The van der Waals surface area contributed by atoms with Gasteiger partial charge in [-0.05, 0) is 19.1 Å². The fourth-order valence-corrected chi connectivity index (χ4v) is 1.24. The van der Waals surface area contributed by atoms with Crippen LogP contribution in [0.5, 0.6) is 0 Å². The predicted molar refractivity (Wildman–Crippen MR) is 61.5 cm³/mol. The topological polar surface area (TPSA) is 43.6 Å². The molecule has 0 aliphatic carbocycles. The number of carbonyl (C=O) groups excluding carboxylic acids is 1. The fourth-order valence-electron chi connectivity index (χ4n) is 1.24. The second-order valence-electron chi connectivity index (χ2n) is 2.81. The summed E-state index contributed by atoms with van der Waals surface area (Å²) < 4.78 is 6.63. The van der Waals surface area contributed by atoms with Gasteiger partial charge in [-0.15, -0.1) is 17.0 Å². The number of nitrogens with zero attached hydrogens (tertiary/aromatic N) is 2. The van der Waals surface area contributed by atoms with Gasteiger partial charge in [0.15, 0.2) is 5.69 Å². The van der Waals surface area contributed by atoms with Gasteiger partial charge in [-0.1, -0.05) is 6.07 Å². The van der Waals surface area contributed by atoms with Gasteiger partial charge < -0.3 is 9.14 Å². The summed E-state index contributed by atoms with van der Waals surface area (Å²) in [6, 6.07) is 5.59. The van der Waals surface area contributed by atoms with Gasteiger partial charge >= 0.3 is 5.97 Å². The van der Waals surface area contributed by atoms with Crippen molar-refractivity contribution in [2.24, 2.45) is 0 Å². The third kappa shape index (κ3) is 2.36. The Kier molecular flexibility index (Phi) is 3.85. The SMILES string of the molecule is Br.CCOC(=O)c1cn2ccccc2n1. The van der Waals surface area contributed by atoms with Gasteiger partial charge in [0.25, 0.3) is 0 Å². The number of imidazole rings is 1. The number of aromatic nitrogens is 2. The van der Waals surface area contributed by atoms with Crippen LogP contribution >= 0.6 is 17.0 Å². The average molecular weight is 271 g/mol. The van der Waals surface area contributed by atoms with Crippen molar-refractivity contribution in [3.8, 4) is 0 Å².